The molecule has 4 rings (SSSR count). The Morgan fingerprint density at radius 2 is 2.08 bits per heavy atom. The first-order valence-corrected chi connectivity index (χ1v) is 8.28. The summed E-state index contributed by atoms with van der Waals surface area (Å²) in [5, 5.41) is 12.6. The number of nitrogens with zero attached hydrogens (tertiary/aromatic N) is 4. The highest BCUT2D eigenvalue weighted by Gasteiger charge is 2.39. The molecule has 24 heavy (non-hydrogen) atoms. The van der Waals surface area contributed by atoms with Crippen LogP contribution in [0.1, 0.15) is 38.6 Å². The van der Waals surface area contributed by atoms with Crippen LogP contribution in [-0.2, 0) is 5.67 Å². The molecule has 1 N–H and O–H groups in total. The van der Waals surface area contributed by atoms with Crippen LogP contribution in [0.5, 0.6) is 0 Å². The fraction of sp³-hybridized carbons (Fsp3) is 0.471. The highest BCUT2D eigenvalue weighted by molar-refractivity contribution is 5.83. The van der Waals surface area contributed by atoms with Crippen molar-refractivity contribution in [3.8, 4) is 11.4 Å². The van der Waals surface area contributed by atoms with Gasteiger partial charge in [0, 0.05) is 29.8 Å². The highest BCUT2D eigenvalue weighted by atomic mass is 19.1. The zero-order valence-corrected chi connectivity index (χ0v) is 13.8. The van der Waals surface area contributed by atoms with Crippen LogP contribution >= 0.6 is 0 Å². The van der Waals surface area contributed by atoms with Crippen molar-refractivity contribution < 1.29 is 8.91 Å². The Bertz CT molecular complexity index is 863. The van der Waals surface area contributed by atoms with Gasteiger partial charge in [-0.2, -0.15) is 10.1 Å². The number of benzene rings is 1. The number of piperidine rings is 1. The Labute approximate surface area is 139 Å². The number of halogens is 1. The molecule has 0 amide bonds. The number of hydrogen-bond acceptors (Lipinski definition) is 5. The van der Waals surface area contributed by atoms with E-state index < -0.39 is 5.67 Å². The minimum absolute atomic E-state index is 0.0801. The quantitative estimate of drug-likeness (QED) is 0.799. The summed E-state index contributed by atoms with van der Waals surface area (Å²) in [6, 6.07) is 6.12. The Morgan fingerprint density at radius 3 is 2.83 bits per heavy atom. The molecule has 0 aliphatic carbocycles. The molecule has 1 aromatic carbocycles. The molecule has 7 heteroatoms. The summed E-state index contributed by atoms with van der Waals surface area (Å²) in [7, 11) is 0. The second-order valence-corrected chi connectivity index (χ2v) is 6.59. The lowest BCUT2D eigenvalue weighted by Crippen LogP contribution is -2.36. The molecule has 126 valence electrons. The summed E-state index contributed by atoms with van der Waals surface area (Å²) in [5.41, 5.74) is 0.281. The van der Waals surface area contributed by atoms with Gasteiger partial charge in [-0.05, 0) is 33.0 Å². The van der Waals surface area contributed by atoms with E-state index in [4.69, 9.17) is 4.52 Å². The molecular formula is C17H20FN5O. The van der Waals surface area contributed by atoms with Crippen LogP contribution in [0.4, 0.5) is 4.39 Å². The summed E-state index contributed by atoms with van der Waals surface area (Å²) in [6.07, 6.45) is 2.55. The minimum atomic E-state index is -1.53. The molecule has 0 saturated carbocycles. The van der Waals surface area contributed by atoms with Crippen LogP contribution in [-0.4, -0.2) is 33.0 Å². The largest absolute Gasteiger partial charge is 0.335 e. The maximum absolute atomic E-state index is 15.0. The van der Waals surface area contributed by atoms with Crippen molar-refractivity contribution in [3.05, 3.63) is 30.3 Å². The zero-order valence-electron chi connectivity index (χ0n) is 13.8. The molecule has 0 bridgehead atoms. The van der Waals surface area contributed by atoms with Crippen LogP contribution in [0.3, 0.4) is 0 Å². The van der Waals surface area contributed by atoms with E-state index in [1.54, 1.807) is 0 Å². The predicted octanol–water partition coefficient (Wildman–Crippen LogP) is 3.22. The molecule has 0 atom stereocenters. The fourth-order valence-electron chi connectivity index (χ4n) is 3.15. The molecule has 1 aliphatic heterocycles. The van der Waals surface area contributed by atoms with Gasteiger partial charge in [0.15, 0.2) is 5.67 Å². The first-order valence-electron chi connectivity index (χ1n) is 8.28. The molecule has 6 nitrogen and oxygen atoms in total. The minimum Gasteiger partial charge on any atom is -0.335 e. The predicted molar refractivity (Wildman–Crippen MR) is 88.3 cm³/mol. The van der Waals surface area contributed by atoms with E-state index in [1.807, 2.05) is 29.1 Å². The Hall–Kier alpha value is -2.28. The third-order valence-corrected chi connectivity index (χ3v) is 4.55. The highest BCUT2D eigenvalue weighted by Crippen LogP contribution is 2.35. The topological polar surface area (TPSA) is 68.8 Å². The molecule has 1 saturated heterocycles. The van der Waals surface area contributed by atoms with E-state index in [0.29, 0.717) is 31.8 Å². The maximum Gasteiger partial charge on any atom is 0.264 e. The number of fused-ring (bicyclic) bond motifs is 1. The van der Waals surface area contributed by atoms with Gasteiger partial charge in [0.1, 0.15) is 0 Å². The summed E-state index contributed by atoms with van der Waals surface area (Å²) < 4.78 is 22.2. The van der Waals surface area contributed by atoms with E-state index in [9.17, 15) is 4.39 Å². The average Bonchev–Trinajstić information content (AvgIpc) is 3.22. The van der Waals surface area contributed by atoms with E-state index in [-0.39, 0.29) is 11.9 Å². The fourth-order valence-corrected chi connectivity index (χ4v) is 3.15. The molecular weight excluding hydrogens is 309 g/mol. The van der Waals surface area contributed by atoms with E-state index in [2.05, 4.69) is 34.4 Å². The lowest BCUT2D eigenvalue weighted by atomic mass is 9.94. The van der Waals surface area contributed by atoms with Crippen molar-refractivity contribution in [1.82, 2.24) is 25.2 Å². The lowest BCUT2D eigenvalue weighted by molar-refractivity contribution is 0.0723. The number of aromatic nitrogens is 4. The van der Waals surface area contributed by atoms with Gasteiger partial charge in [0.2, 0.25) is 5.82 Å². The summed E-state index contributed by atoms with van der Waals surface area (Å²) in [4.78, 5) is 4.33. The van der Waals surface area contributed by atoms with Crippen molar-refractivity contribution in [2.75, 3.05) is 13.1 Å². The molecule has 1 aliphatic rings. The molecule has 0 radical (unpaired) electrons. The van der Waals surface area contributed by atoms with Crippen LogP contribution < -0.4 is 5.32 Å². The second-order valence-electron chi connectivity index (χ2n) is 6.59. The van der Waals surface area contributed by atoms with Gasteiger partial charge >= 0.3 is 0 Å². The van der Waals surface area contributed by atoms with Gasteiger partial charge in [-0.15, -0.1) is 0 Å². The van der Waals surface area contributed by atoms with Crippen molar-refractivity contribution in [2.45, 2.75) is 38.4 Å². The first kappa shape index (κ1) is 15.3. The number of nitrogens with one attached hydrogen (secondary N) is 1. The number of alkyl halides is 1. The van der Waals surface area contributed by atoms with E-state index >= 15 is 0 Å². The zero-order chi connectivity index (χ0) is 16.7. The first-order chi connectivity index (χ1) is 11.6. The molecule has 0 unspecified atom stereocenters. The van der Waals surface area contributed by atoms with Crippen molar-refractivity contribution >= 4 is 10.9 Å². The normalized spacial score (nSPS) is 17.7. The summed E-state index contributed by atoms with van der Waals surface area (Å²) >= 11 is 0. The van der Waals surface area contributed by atoms with Crippen LogP contribution in [0.25, 0.3) is 22.3 Å². The van der Waals surface area contributed by atoms with Gasteiger partial charge in [-0.3, -0.25) is 4.68 Å². The van der Waals surface area contributed by atoms with Crippen LogP contribution in [0.15, 0.2) is 28.9 Å². The van der Waals surface area contributed by atoms with E-state index in [1.165, 1.54) is 0 Å². The lowest BCUT2D eigenvalue weighted by Gasteiger charge is -2.26. The van der Waals surface area contributed by atoms with Crippen molar-refractivity contribution in [1.29, 1.82) is 0 Å². The average molecular weight is 329 g/mol. The standard InChI is InChI=1S/C17H20FN5O/c1-11(2)23-14-9-12(3-4-13(14)10-20-23)15-21-16(24-22-15)17(18)5-7-19-8-6-17/h3-4,9-11,19H,5-8H2,1-2H3. The number of rotatable bonds is 3. The summed E-state index contributed by atoms with van der Waals surface area (Å²) in [6.45, 7) is 5.40. The molecule has 0 spiro atoms. The van der Waals surface area contributed by atoms with Gasteiger partial charge in [0.25, 0.3) is 5.89 Å². The van der Waals surface area contributed by atoms with Gasteiger partial charge in [0.05, 0.1) is 11.7 Å². The Balaban J connectivity index is 1.71. The van der Waals surface area contributed by atoms with Gasteiger partial charge in [-0.1, -0.05) is 17.3 Å². The monoisotopic (exact) mass is 329 g/mol. The van der Waals surface area contributed by atoms with Crippen molar-refractivity contribution in [2.24, 2.45) is 0 Å². The number of hydrogen-bond donors (Lipinski definition) is 1. The second kappa shape index (κ2) is 5.66. The molecule has 1 fully saturated rings. The third-order valence-electron chi connectivity index (χ3n) is 4.55. The third kappa shape index (κ3) is 2.49. The molecule has 2 aromatic heterocycles. The van der Waals surface area contributed by atoms with Crippen LogP contribution in [0.2, 0.25) is 0 Å². The van der Waals surface area contributed by atoms with Crippen molar-refractivity contribution in [3.63, 3.8) is 0 Å². The van der Waals surface area contributed by atoms with Gasteiger partial charge in [-0.25, -0.2) is 4.39 Å². The Kier molecular flexibility index (Phi) is 3.60. The van der Waals surface area contributed by atoms with Gasteiger partial charge < -0.3 is 9.84 Å². The van der Waals surface area contributed by atoms with E-state index in [0.717, 1.165) is 16.5 Å². The molecule has 3 heterocycles. The summed E-state index contributed by atoms with van der Waals surface area (Å²) in [5.74, 6) is 0.496. The Morgan fingerprint density at radius 1 is 1.29 bits per heavy atom. The maximum atomic E-state index is 15.0. The van der Waals surface area contributed by atoms with Crippen LogP contribution in [0, 0.1) is 0 Å². The SMILES string of the molecule is CC(C)n1ncc2ccc(-c3noc(C4(F)CCNCC4)n3)cc21. The molecule has 3 aromatic rings. The smallest absolute Gasteiger partial charge is 0.264 e.